The summed E-state index contributed by atoms with van der Waals surface area (Å²) in [5.74, 6) is 0.115. The van der Waals surface area contributed by atoms with E-state index in [0.717, 1.165) is 49.7 Å². The van der Waals surface area contributed by atoms with Crippen molar-refractivity contribution < 1.29 is 14.4 Å². The lowest BCUT2D eigenvalue weighted by molar-refractivity contribution is -0.136. The molecule has 32 heavy (non-hydrogen) atoms. The molecule has 8 nitrogen and oxygen atoms in total. The van der Waals surface area contributed by atoms with Gasteiger partial charge in [-0.05, 0) is 35.7 Å². The molecule has 0 spiro atoms. The van der Waals surface area contributed by atoms with Gasteiger partial charge in [-0.2, -0.15) is 0 Å². The zero-order valence-corrected chi connectivity index (χ0v) is 18.3. The molecule has 0 radical (unpaired) electrons. The molecule has 9 heteroatoms. The fraction of sp³-hybridized carbons (Fsp3) is 0.391. The summed E-state index contributed by atoms with van der Waals surface area (Å²) in [4.78, 5) is 47.1. The van der Waals surface area contributed by atoms with Crippen molar-refractivity contribution in [1.82, 2.24) is 20.1 Å². The second-order valence-corrected chi connectivity index (χ2v) is 8.86. The van der Waals surface area contributed by atoms with E-state index in [-0.39, 0.29) is 24.1 Å². The Hall–Kier alpha value is -2.97. The first-order chi connectivity index (χ1) is 15.5. The normalized spacial score (nSPS) is 21.7. The van der Waals surface area contributed by atoms with Gasteiger partial charge >= 0.3 is 0 Å². The number of pyridine rings is 1. The van der Waals surface area contributed by atoms with E-state index in [1.165, 1.54) is 0 Å². The third kappa shape index (κ3) is 4.08. The number of carbonyl (C=O) groups excluding carboxylic acids is 3. The van der Waals surface area contributed by atoms with E-state index in [2.05, 4.69) is 26.2 Å². The number of nitrogens with zero attached hydrogens (tertiary/aromatic N) is 4. The maximum Gasteiger partial charge on any atom is 0.255 e. The number of benzene rings is 1. The molecule has 1 aromatic carbocycles. The van der Waals surface area contributed by atoms with Crippen molar-refractivity contribution >= 4 is 35.1 Å². The third-order valence-corrected chi connectivity index (χ3v) is 6.60. The number of piperidine rings is 1. The zero-order chi connectivity index (χ0) is 22.2. The van der Waals surface area contributed by atoms with E-state index in [1.54, 1.807) is 11.0 Å². The van der Waals surface area contributed by atoms with Crippen molar-refractivity contribution in [3.63, 3.8) is 0 Å². The molecule has 2 saturated heterocycles. The number of piperazine rings is 1. The van der Waals surface area contributed by atoms with Crippen LogP contribution >= 0.6 is 11.6 Å². The molecule has 1 unspecified atom stereocenters. The van der Waals surface area contributed by atoms with Crippen LogP contribution in [0.1, 0.15) is 34.3 Å². The summed E-state index contributed by atoms with van der Waals surface area (Å²) in [6.07, 6.45) is 0.640. The van der Waals surface area contributed by atoms with Gasteiger partial charge in [0.05, 0.1) is 0 Å². The SMILES string of the molecule is O=C1CCC(N2Cc3cc(CN4CCN(c5cccc(Cl)n5)CC4)ccc3C2=O)C(=O)N1. The minimum absolute atomic E-state index is 0.135. The summed E-state index contributed by atoms with van der Waals surface area (Å²) in [6.45, 7) is 4.78. The molecule has 3 aliphatic rings. The Kier molecular flexibility index (Phi) is 5.57. The molecule has 0 aliphatic carbocycles. The Bertz CT molecular complexity index is 1080. The summed E-state index contributed by atoms with van der Waals surface area (Å²) in [5.41, 5.74) is 2.74. The molecule has 4 heterocycles. The van der Waals surface area contributed by atoms with Crippen molar-refractivity contribution in [2.75, 3.05) is 31.1 Å². The van der Waals surface area contributed by atoms with Crippen molar-refractivity contribution in [2.45, 2.75) is 32.0 Å². The molecule has 2 aromatic rings. The Morgan fingerprint density at radius 3 is 2.62 bits per heavy atom. The zero-order valence-electron chi connectivity index (χ0n) is 17.6. The Morgan fingerprint density at radius 2 is 1.88 bits per heavy atom. The average Bonchev–Trinajstić information content (AvgIpc) is 3.10. The van der Waals surface area contributed by atoms with Gasteiger partial charge in [-0.3, -0.25) is 24.6 Å². The maximum absolute atomic E-state index is 12.8. The van der Waals surface area contributed by atoms with Crippen molar-refractivity contribution in [1.29, 1.82) is 0 Å². The number of amides is 3. The van der Waals surface area contributed by atoms with Crippen molar-refractivity contribution in [2.24, 2.45) is 0 Å². The minimum Gasteiger partial charge on any atom is -0.354 e. The highest BCUT2D eigenvalue weighted by Gasteiger charge is 2.39. The predicted molar refractivity (Wildman–Crippen MR) is 119 cm³/mol. The fourth-order valence-electron chi connectivity index (χ4n) is 4.69. The lowest BCUT2D eigenvalue weighted by Crippen LogP contribution is -2.52. The van der Waals surface area contributed by atoms with Crippen LogP contribution in [0, 0.1) is 0 Å². The van der Waals surface area contributed by atoms with Gasteiger partial charge in [0.1, 0.15) is 17.0 Å². The summed E-state index contributed by atoms with van der Waals surface area (Å²) in [7, 11) is 0. The topological polar surface area (TPSA) is 85.9 Å². The summed E-state index contributed by atoms with van der Waals surface area (Å²) in [6, 6.07) is 11.0. The first kappa shape index (κ1) is 20.9. The van der Waals surface area contributed by atoms with Gasteiger partial charge in [0.25, 0.3) is 5.91 Å². The third-order valence-electron chi connectivity index (χ3n) is 6.39. The lowest BCUT2D eigenvalue weighted by Gasteiger charge is -2.35. The highest BCUT2D eigenvalue weighted by Crippen LogP contribution is 2.28. The molecule has 1 aromatic heterocycles. The molecular weight excluding hydrogens is 430 g/mol. The number of hydrogen-bond donors (Lipinski definition) is 1. The number of fused-ring (bicyclic) bond motifs is 1. The van der Waals surface area contributed by atoms with Crippen LogP contribution in [0.25, 0.3) is 0 Å². The van der Waals surface area contributed by atoms with Crippen LogP contribution in [0.2, 0.25) is 5.15 Å². The van der Waals surface area contributed by atoms with Gasteiger partial charge < -0.3 is 9.80 Å². The molecule has 1 atom stereocenters. The van der Waals surface area contributed by atoms with Crippen molar-refractivity contribution in [3.8, 4) is 0 Å². The molecule has 2 fully saturated rings. The smallest absolute Gasteiger partial charge is 0.255 e. The minimum atomic E-state index is -0.579. The number of carbonyl (C=O) groups is 3. The van der Waals surface area contributed by atoms with E-state index < -0.39 is 6.04 Å². The molecule has 3 amide bonds. The fourth-order valence-corrected chi connectivity index (χ4v) is 4.85. The molecular formula is C23H24ClN5O3. The van der Waals surface area contributed by atoms with Crippen LogP contribution in [-0.2, 0) is 22.7 Å². The van der Waals surface area contributed by atoms with E-state index in [9.17, 15) is 14.4 Å². The van der Waals surface area contributed by atoms with Gasteiger partial charge in [-0.25, -0.2) is 4.98 Å². The molecule has 0 saturated carbocycles. The molecule has 3 aliphatic heterocycles. The quantitative estimate of drug-likeness (QED) is 0.561. The lowest BCUT2D eigenvalue weighted by atomic mass is 10.0. The van der Waals surface area contributed by atoms with Gasteiger partial charge in [0.2, 0.25) is 11.8 Å². The number of anilines is 1. The van der Waals surface area contributed by atoms with Gasteiger partial charge in [0.15, 0.2) is 0 Å². The van der Waals surface area contributed by atoms with E-state index >= 15 is 0 Å². The van der Waals surface area contributed by atoms with Crippen LogP contribution in [0.3, 0.4) is 0 Å². The Labute approximate surface area is 191 Å². The highest BCUT2D eigenvalue weighted by atomic mass is 35.5. The molecule has 0 bridgehead atoms. The second kappa shape index (κ2) is 8.52. The largest absolute Gasteiger partial charge is 0.354 e. The average molecular weight is 454 g/mol. The number of halogens is 1. The number of imide groups is 1. The van der Waals surface area contributed by atoms with E-state index in [4.69, 9.17) is 11.6 Å². The molecule has 166 valence electrons. The number of aromatic nitrogens is 1. The Balaban J connectivity index is 1.21. The predicted octanol–water partition coefficient (Wildman–Crippen LogP) is 1.82. The Morgan fingerprint density at radius 1 is 1.06 bits per heavy atom. The first-order valence-electron chi connectivity index (χ1n) is 10.8. The number of nitrogens with one attached hydrogen (secondary N) is 1. The van der Waals surface area contributed by atoms with Crippen LogP contribution in [0.4, 0.5) is 5.82 Å². The van der Waals surface area contributed by atoms with Crippen molar-refractivity contribution in [3.05, 3.63) is 58.2 Å². The van der Waals surface area contributed by atoms with Crippen LogP contribution in [0.15, 0.2) is 36.4 Å². The first-order valence-corrected chi connectivity index (χ1v) is 11.2. The highest BCUT2D eigenvalue weighted by molar-refractivity contribution is 6.29. The maximum atomic E-state index is 12.8. The van der Waals surface area contributed by atoms with E-state index in [0.29, 0.717) is 23.7 Å². The molecule has 5 rings (SSSR count). The van der Waals surface area contributed by atoms with Crippen LogP contribution in [0.5, 0.6) is 0 Å². The summed E-state index contributed by atoms with van der Waals surface area (Å²) < 4.78 is 0. The standard InChI is InChI=1S/C23H24ClN5O3/c24-19-2-1-3-20(25-19)28-10-8-27(9-11-28)13-15-4-5-17-16(12-15)14-29(23(17)32)18-6-7-21(30)26-22(18)31/h1-5,12,18H,6-11,13-14H2,(H,26,30,31). The van der Waals surface area contributed by atoms with Crippen LogP contribution in [-0.4, -0.2) is 64.7 Å². The monoisotopic (exact) mass is 453 g/mol. The van der Waals surface area contributed by atoms with Gasteiger partial charge in [-0.1, -0.05) is 29.8 Å². The van der Waals surface area contributed by atoms with E-state index in [1.807, 2.05) is 24.3 Å². The van der Waals surface area contributed by atoms with Gasteiger partial charge in [-0.15, -0.1) is 0 Å². The van der Waals surface area contributed by atoms with Crippen LogP contribution < -0.4 is 10.2 Å². The summed E-state index contributed by atoms with van der Waals surface area (Å²) >= 11 is 6.02. The number of rotatable bonds is 4. The molecule has 1 N–H and O–H groups in total. The number of hydrogen-bond acceptors (Lipinski definition) is 6. The summed E-state index contributed by atoms with van der Waals surface area (Å²) in [5, 5.41) is 2.85. The van der Waals surface area contributed by atoms with Gasteiger partial charge in [0, 0.05) is 51.3 Å². The second-order valence-electron chi connectivity index (χ2n) is 8.47.